The van der Waals surface area contributed by atoms with Crippen molar-refractivity contribution in [3.8, 4) is 6.07 Å². The molecular weight excluding hydrogens is 338 g/mol. The number of carbonyl (C=O) groups is 1. The molecule has 3 aliphatic rings. The number of rotatable bonds is 2. The van der Waals surface area contributed by atoms with Crippen molar-refractivity contribution < 1.29 is 9.53 Å². The molecule has 2 aliphatic heterocycles. The summed E-state index contributed by atoms with van der Waals surface area (Å²) in [4.78, 5) is 19.3. The second-order valence-corrected chi connectivity index (χ2v) is 7.14. The van der Waals surface area contributed by atoms with E-state index >= 15 is 0 Å². The summed E-state index contributed by atoms with van der Waals surface area (Å²) < 4.78 is 5.88. The van der Waals surface area contributed by atoms with Gasteiger partial charge in [-0.05, 0) is 23.8 Å². The molecule has 0 saturated heterocycles. The Kier molecular flexibility index (Phi) is 3.41. The largest absolute Gasteiger partial charge is 0.488 e. The van der Waals surface area contributed by atoms with E-state index in [1.807, 2.05) is 42.5 Å². The van der Waals surface area contributed by atoms with E-state index in [1.165, 1.54) is 5.56 Å². The van der Waals surface area contributed by atoms with Crippen LogP contribution in [0.25, 0.3) is 0 Å². The summed E-state index contributed by atoms with van der Waals surface area (Å²) in [6, 6.07) is 16.2. The zero-order valence-corrected chi connectivity index (χ0v) is 14.6. The average molecular weight is 355 g/mol. The molecule has 0 amide bonds. The number of aromatic nitrogens is 1. The highest BCUT2D eigenvalue weighted by Crippen LogP contribution is 2.51. The van der Waals surface area contributed by atoms with Gasteiger partial charge in [-0.2, -0.15) is 5.26 Å². The number of anilines is 1. The molecule has 0 saturated carbocycles. The Labute approximate surface area is 157 Å². The third-order valence-electron chi connectivity index (χ3n) is 5.62. The first kappa shape index (κ1) is 15.8. The van der Waals surface area contributed by atoms with Gasteiger partial charge in [0, 0.05) is 24.0 Å². The number of nitrogens with zero attached hydrogens (tertiary/aromatic N) is 3. The van der Waals surface area contributed by atoms with Gasteiger partial charge in [0.2, 0.25) is 5.78 Å². The molecule has 1 aromatic heterocycles. The molecule has 0 bridgehead atoms. The SMILES string of the molecule is N#C[C@H]1C=CC2=C(OCC23CN(Cc2ccccn2)c2ccccc23)C1=O. The number of Topliss-reactive ketones (excluding diaryl/α,β-unsaturated/α-hetero) is 1. The minimum Gasteiger partial charge on any atom is -0.488 e. The molecule has 2 atom stereocenters. The second kappa shape index (κ2) is 5.82. The molecule has 27 heavy (non-hydrogen) atoms. The fourth-order valence-corrected chi connectivity index (χ4v) is 4.36. The summed E-state index contributed by atoms with van der Waals surface area (Å²) in [7, 11) is 0. The normalized spacial score (nSPS) is 25.4. The van der Waals surface area contributed by atoms with Crippen LogP contribution in [0.15, 0.2) is 72.1 Å². The average Bonchev–Trinajstić information content (AvgIpc) is 3.23. The van der Waals surface area contributed by atoms with Crippen LogP contribution in [0.3, 0.4) is 0 Å². The van der Waals surface area contributed by atoms with Gasteiger partial charge in [0.25, 0.3) is 0 Å². The van der Waals surface area contributed by atoms with Crippen LogP contribution >= 0.6 is 0 Å². The Balaban J connectivity index is 1.58. The van der Waals surface area contributed by atoms with Crippen LogP contribution in [0.5, 0.6) is 0 Å². The number of hydrogen-bond acceptors (Lipinski definition) is 5. The third-order valence-corrected chi connectivity index (χ3v) is 5.62. The van der Waals surface area contributed by atoms with Gasteiger partial charge in [0.15, 0.2) is 5.76 Å². The summed E-state index contributed by atoms with van der Waals surface area (Å²) in [5, 5.41) is 9.19. The molecule has 3 heterocycles. The first-order chi connectivity index (χ1) is 13.2. The number of ketones is 1. The number of pyridine rings is 1. The van der Waals surface area contributed by atoms with Crippen molar-refractivity contribution in [2.45, 2.75) is 12.0 Å². The van der Waals surface area contributed by atoms with Crippen LogP contribution in [-0.2, 0) is 21.5 Å². The maximum absolute atomic E-state index is 12.6. The molecule has 5 rings (SSSR count). The molecule has 1 spiro atoms. The summed E-state index contributed by atoms with van der Waals surface area (Å²) >= 11 is 0. The van der Waals surface area contributed by atoms with Crippen molar-refractivity contribution in [2.24, 2.45) is 5.92 Å². The molecule has 132 valence electrons. The van der Waals surface area contributed by atoms with Crippen LogP contribution in [0.4, 0.5) is 5.69 Å². The lowest BCUT2D eigenvalue weighted by Gasteiger charge is -2.26. The number of carbonyl (C=O) groups excluding carboxylic acids is 1. The molecule has 1 unspecified atom stereocenters. The number of allylic oxidation sites excluding steroid dienone is 3. The van der Waals surface area contributed by atoms with Gasteiger partial charge >= 0.3 is 0 Å². The van der Waals surface area contributed by atoms with Gasteiger partial charge in [-0.25, -0.2) is 0 Å². The fraction of sp³-hybridized carbons (Fsp3) is 0.227. The number of para-hydroxylation sites is 1. The number of hydrogen-bond donors (Lipinski definition) is 0. The van der Waals surface area contributed by atoms with E-state index in [4.69, 9.17) is 4.74 Å². The predicted octanol–water partition coefficient (Wildman–Crippen LogP) is 2.90. The number of ether oxygens (including phenoxy) is 1. The van der Waals surface area contributed by atoms with E-state index in [2.05, 4.69) is 22.0 Å². The Morgan fingerprint density at radius 1 is 1.26 bits per heavy atom. The maximum Gasteiger partial charge on any atom is 0.218 e. The Bertz CT molecular complexity index is 1040. The third kappa shape index (κ3) is 2.23. The Hall–Kier alpha value is -3.39. The number of benzene rings is 1. The molecular formula is C22H17N3O2. The molecule has 5 nitrogen and oxygen atoms in total. The Morgan fingerprint density at radius 3 is 2.93 bits per heavy atom. The quantitative estimate of drug-likeness (QED) is 0.829. The van der Waals surface area contributed by atoms with Gasteiger partial charge in [-0.3, -0.25) is 9.78 Å². The summed E-state index contributed by atoms with van der Waals surface area (Å²) in [5.74, 6) is -0.619. The molecule has 0 fully saturated rings. The molecule has 5 heteroatoms. The summed E-state index contributed by atoms with van der Waals surface area (Å²) in [6.07, 6.45) is 5.41. The zero-order chi connectivity index (χ0) is 18.4. The molecule has 2 aromatic rings. The van der Waals surface area contributed by atoms with Crippen LogP contribution in [-0.4, -0.2) is 23.9 Å². The van der Waals surface area contributed by atoms with Gasteiger partial charge < -0.3 is 9.64 Å². The Morgan fingerprint density at radius 2 is 2.11 bits per heavy atom. The minimum atomic E-state index is -0.750. The second-order valence-electron chi connectivity index (χ2n) is 7.14. The lowest BCUT2D eigenvalue weighted by Crippen LogP contribution is -2.36. The fourth-order valence-electron chi connectivity index (χ4n) is 4.36. The summed E-state index contributed by atoms with van der Waals surface area (Å²) in [6.45, 7) is 1.83. The topological polar surface area (TPSA) is 66.2 Å². The summed E-state index contributed by atoms with van der Waals surface area (Å²) in [5.41, 5.74) is 3.82. The van der Waals surface area contributed by atoms with Crippen LogP contribution in [0, 0.1) is 17.2 Å². The predicted molar refractivity (Wildman–Crippen MR) is 99.6 cm³/mol. The maximum atomic E-state index is 12.6. The highest BCUT2D eigenvalue weighted by Gasteiger charge is 2.52. The standard InChI is InChI=1S/C22H17N3O2/c23-11-15-8-9-18-21(20(15)26)27-14-22(18)13-25(12-16-5-3-4-10-24-16)19-7-2-1-6-17(19)22/h1-10,15H,12-14H2/t15-,22?/m1/s1. The van der Waals surface area contributed by atoms with Crippen molar-refractivity contribution in [3.63, 3.8) is 0 Å². The molecule has 0 N–H and O–H groups in total. The van der Waals surface area contributed by atoms with Gasteiger partial charge in [-0.1, -0.05) is 36.4 Å². The van der Waals surface area contributed by atoms with Crippen molar-refractivity contribution in [1.82, 2.24) is 4.98 Å². The lowest BCUT2D eigenvalue weighted by molar-refractivity contribution is -0.119. The van der Waals surface area contributed by atoms with Gasteiger partial charge in [0.05, 0.1) is 23.7 Å². The van der Waals surface area contributed by atoms with Gasteiger partial charge in [-0.15, -0.1) is 0 Å². The van der Waals surface area contributed by atoms with Crippen molar-refractivity contribution >= 4 is 11.5 Å². The molecule has 1 aromatic carbocycles. The first-order valence-corrected chi connectivity index (χ1v) is 8.97. The van der Waals surface area contributed by atoms with E-state index in [9.17, 15) is 10.1 Å². The smallest absolute Gasteiger partial charge is 0.218 e. The van der Waals surface area contributed by atoms with E-state index in [0.29, 0.717) is 18.9 Å². The minimum absolute atomic E-state index is 0.229. The number of fused-ring (bicyclic) bond motifs is 3. The molecule has 0 radical (unpaired) electrons. The van der Waals surface area contributed by atoms with E-state index in [1.54, 1.807) is 12.3 Å². The number of nitriles is 1. The highest BCUT2D eigenvalue weighted by molar-refractivity contribution is 6.02. The van der Waals surface area contributed by atoms with E-state index in [0.717, 1.165) is 23.5 Å². The van der Waals surface area contributed by atoms with Crippen molar-refractivity contribution in [1.29, 1.82) is 5.26 Å². The van der Waals surface area contributed by atoms with Crippen LogP contribution in [0.1, 0.15) is 11.3 Å². The monoisotopic (exact) mass is 355 g/mol. The highest BCUT2D eigenvalue weighted by atomic mass is 16.5. The van der Waals surface area contributed by atoms with Crippen molar-refractivity contribution in [2.75, 3.05) is 18.1 Å². The zero-order valence-electron chi connectivity index (χ0n) is 14.6. The van der Waals surface area contributed by atoms with E-state index < -0.39 is 5.92 Å². The first-order valence-electron chi connectivity index (χ1n) is 8.97. The van der Waals surface area contributed by atoms with E-state index in [-0.39, 0.29) is 11.2 Å². The molecule has 1 aliphatic carbocycles. The van der Waals surface area contributed by atoms with Crippen LogP contribution in [0.2, 0.25) is 0 Å². The van der Waals surface area contributed by atoms with Crippen molar-refractivity contribution in [3.05, 3.63) is 83.4 Å². The van der Waals surface area contributed by atoms with Crippen LogP contribution < -0.4 is 4.90 Å². The lowest BCUT2D eigenvalue weighted by atomic mass is 9.74. The van der Waals surface area contributed by atoms with Gasteiger partial charge in [0.1, 0.15) is 12.5 Å².